The van der Waals surface area contributed by atoms with Crippen molar-refractivity contribution in [2.45, 2.75) is 143 Å². The van der Waals surface area contributed by atoms with Crippen molar-refractivity contribution in [3.63, 3.8) is 0 Å². The predicted octanol–water partition coefficient (Wildman–Crippen LogP) is 23.8. The summed E-state index contributed by atoms with van der Waals surface area (Å²) in [6, 6.07) is 72.0. The normalized spacial score (nSPS) is 14.9. The van der Waals surface area contributed by atoms with E-state index in [4.69, 9.17) is 0 Å². The van der Waals surface area contributed by atoms with Gasteiger partial charge in [-0.25, -0.2) is 0 Å². The van der Waals surface area contributed by atoms with E-state index in [0.717, 1.165) is 0 Å². The van der Waals surface area contributed by atoms with Crippen LogP contribution in [0.15, 0.2) is 182 Å². The smallest absolute Gasteiger partial charge is 0.0159 e. The molecule has 0 radical (unpaired) electrons. The van der Waals surface area contributed by atoms with Crippen LogP contribution in [-0.4, -0.2) is 0 Å². The molecule has 0 unspecified atom stereocenters. The molecule has 0 N–H and O–H groups in total. The Hall–Kier alpha value is -8.06. The van der Waals surface area contributed by atoms with Crippen molar-refractivity contribution in [3.8, 4) is 111 Å². The topological polar surface area (TPSA) is 0 Å². The van der Waals surface area contributed by atoms with E-state index >= 15 is 0 Å². The van der Waals surface area contributed by atoms with Crippen LogP contribution in [0.25, 0.3) is 133 Å². The molecule has 4 aliphatic carbocycles. The molecule has 0 heterocycles. The Morgan fingerprint density at radius 2 is 0.571 bits per heavy atom. The third-order valence-electron chi connectivity index (χ3n) is 20.4. The van der Waals surface area contributed by atoms with Crippen LogP contribution in [0.3, 0.4) is 0 Å². The van der Waals surface area contributed by atoms with Crippen LogP contribution in [0.4, 0.5) is 0 Å². The molecule has 0 amide bonds. The number of hydrogen-bond acceptors (Lipinski definition) is 0. The van der Waals surface area contributed by atoms with Crippen molar-refractivity contribution >= 4 is 21.5 Å². The number of fused-ring (bicyclic) bond motifs is 13. The third kappa shape index (κ3) is 7.31. The van der Waals surface area contributed by atoms with Gasteiger partial charge < -0.3 is 0 Å². The van der Waals surface area contributed by atoms with Crippen LogP contribution >= 0.6 is 0 Å². The van der Waals surface area contributed by atoms with Crippen LogP contribution in [0.5, 0.6) is 0 Å². The minimum atomic E-state index is -0.212. The van der Waals surface area contributed by atoms with Gasteiger partial charge in [0.15, 0.2) is 0 Å². The fourth-order valence-corrected chi connectivity index (χ4v) is 15.6. The zero-order chi connectivity index (χ0) is 58.7. The highest BCUT2D eigenvalue weighted by Crippen LogP contribution is 2.66. The van der Waals surface area contributed by atoms with Crippen LogP contribution in [0, 0.1) is 0 Å². The zero-order valence-corrected chi connectivity index (χ0v) is 52.3. The average Bonchev–Trinajstić information content (AvgIpc) is 1.74. The number of hydrogen-bond donors (Lipinski definition) is 0. The second kappa shape index (κ2) is 17.3. The summed E-state index contributed by atoms with van der Waals surface area (Å²) in [5.41, 5.74) is 37.2. The molecule has 11 aromatic carbocycles. The molecule has 0 saturated heterocycles. The van der Waals surface area contributed by atoms with Crippen LogP contribution in [0.1, 0.15) is 155 Å². The van der Waals surface area contributed by atoms with Crippen molar-refractivity contribution in [1.29, 1.82) is 0 Å². The predicted molar refractivity (Wildman–Crippen MR) is 362 cm³/mol. The van der Waals surface area contributed by atoms with Crippen molar-refractivity contribution in [2.24, 2.45) is 0 Å². The fraction of sp³-hybridized carbons (Fsp3) is 0.262. The molecule has 15 rings (SSSR count). The molecule has 0 nitrogen and oxygen atoms in total. The summed E-state index contributed by atoms with van der Waals surface area (Å²) in [6.45, 7) is 38.3. The first-order valence-electron chi connectivity index (χ1n) is 30.9. The number of benzene rings is 11. The maximum Gasteiger partial charge on any atom is 0.0159 e. The average molecular weight is 1090 g/mol. The standard InChI is InChI=1S/C84H78/c1-79(2,3)49-31-33-57-65(43-49)83(13,14)67-45-51(81(7,8)9)41-63(70(57)67)56-36-35-53(47-25-19-17-20-26-47)72-59-37-39-61-76-62(40-38-60(73(56)72)75(59)76)78-74(55-30-24-23-29-54(55)69(77(61)78)48-27-21-18-22-28-48)64-42-52(82(10,11)12)46-68-71(64)58-34-32-50(80(4,5)6)44-66(58)84(68,15)16/h17-46H,1-16H3. The van der Waals surface area contributed by atoms with Gasteiger partial charge in [0.2, 0.25) is 0 Å². The summed E-state index contributed by atoms with van der Waals surface area (Å²) in [4.78, 5) is 0. The fourth-order valence-electron chi connectivity index (χ4n) is 15.6. The van der Waals surface area contributed by atoms with Gasteiger partial charge in [-0.1, -0.05) is 281 Å². The Bertz CT molecular complexity index is 4690. The highest BCUT2D eigenvalue weighted by Gasteiger charge is 2.44. The van der Waals surface area contributed by atoms with E-state index < -0.39 is 0 Å². The third-order valence-corrected chi connectivity index (χ3v) is 20.4. The quantitative estimate of drug-likeness (QED) is 0.165. The Kier molecular flexibility index (Phi) is 10.9. The lowest BCUT2D eigenvalue weighted by atomic mass is 9.75. The summed E-state index contributed by atoms with van der Waals surface area (Å²) in [5.74, 6) is 0. The molecule has 84 heavy (non-hydrogen) atoms. The molecule has 0 aromatic heterocycles. The van der Waals surface area contributed by atoms with Gasteiger partial charge in [-0.15, -0.1) is 0 Å². The van der Waals surface area contributed by atoms with Crippen molar-refractivity contribution in [1.82, 2.24) is 0 Å². The van der Waals surface area contributed by atoms with E-state index in [1.807, 2.05) is 0 Å². The van der Waals surface area contributed by atoms with E-state index in [9.17, 15) is 0 Å². The van der Waals surface area contributed by atoms with E-state index in [1.165, 1.54) is 177 Å². The molecule has 0 bridgehead atoms. The summed E-state index contributed by atoms with van der Waals surface area (Å²) in [5, 5.41) is 5.31. The Balaban J connectivity index is 1.07. The van der Waals surface area contributed by atoms with Gasteiger partial charge in [0.25, 0.3) is 0 Å². The second-order valence-electron chi connectivity index (χ2n) is 30.4. The van der Waals surface area contributed by atoms with Gasteiger partial charge in [-0.05, 0) is 211 Å². The zero-order valence-electron chi connectivity index (χ0n) is 52.3. The van der Waals surface area contributed by atoms with E-state index in [0.29, 0.717) is 0 Å². The first-order valence-corrected chi connectivity index (χ1v) is 30.9. The molecular formula is C84H78. The molecule has 0 atom stereocenters. The summed E-state index contributed by atoms with van der Waals surface area (Å²) < 4.78 is 0. The lowest BCUT2D eigenvalue weighted by Gasteiger charge is -2.28. The Labute approximate surface area is 499 Å². The second-order valence-corrected chi connectivity index (χ2v) is 30.4. The SMILES string of the molecule is CC(C)(C)c1ccc2c(c1)C(C)(C)c1cc(C(C)(C)C)cc(-c3ccc(-c4ccccc4)c4c3-c3ccc5c6c(ccc-4c36)-c3c-5c(-c4cc(C(C)(C)C)cc5c4-c4ccc(C(C)(C)C)cc4C5(C)C)c4ccccc4c3-c3ccccc3)c1-2. The molecular weight excluding hydrogens is 1010 g/mol. The highest BCUT2D eigenvalue weighted by atomic mass is 14.5. The maximum atomic E-state index is 2.60. The molecule has 0 heteroatoms. The lowest BCUT2D eigenvalue weighted by molar-refractivity contribution is 0.579. The van der Waals surface area contributed by atoms with Gasteiger partial charge in [-0.2, -0.15) is 0 Å². The van der Waals surface area contributed by atoms with Crippen LogP contribution < -0.4 is 0 Å². The van der Waals surface area contributed by atoms with Crippen molar-refractivity contribution in [3.05, 3.63) is 226 Å². The Morgan fingerprint density at radius 3 is 1.05 bits per heavy atom. The lowest BCUT2D eigenvalue weighted by Crippen LogP contribution is -2.19. The monoisotopic (exact) mass is 1090 g/mol. The van der Waals surface area contributed by atoms with Gasteiger partial charge >= 0.3 is 0 Å². The van der Waals surface area contributed by atoms with E-state index in [-0.39, 0.29) is 32.5 Å². The van der Waals surface area contributed by atoms with Gasteiger partial charge in [0, 0.05) is 10.8 Å². The summed E-state index contributed by atoms with van der Waals surface area (Å²) in [7, 11) is 0. The largest absolute Gasteiger partial charge is 0.0622 e. The first kappa shape index (κ1) is 52.7. The molecule has 0 aliphatic heterocycles. The van der Waals surface area contributed by atoms with Crippen LogP contribution in [0.2, 0.25) is 0 Å². The molecule has 414 valence electrons. The molecule has 0 fully saturated rings. The minimum absolute atomic E-state index is 0.0209. The first-order chi connectivity index (χ1) is 39.7. The Morgan fingerprint density at radius 1 is 0.226 bits per heavy atom. The minimum Gasteiger partial charge on any atom is -0.0622 e. The summed E-state index contributed by atoms with van der Waals surface area (Å²) in [6.07, 6.45) is 0. The highest BCUT2D eigenvalue weighted by molar-refractivity contribution is 6.34. The van der Waals surface area contributed by atoms with Crippen molar-refractivity contribution < 1.29 is 0 Å². The van der Waals surface area contributed by atoms with E-state index in [1.54, 1.807) is 0 Å². The molecule has 4 aliphatic rings. The van der Waals surface area contributed by atoms with E-state index in [2.05, 4.69) is 293 Å². The summed E-state index contributed by atoms with van der Waals surface area (Å²) >= 11 is 0. The van der Waals surface area contributed by atoms with Crippen molar-refractivity contribution in [2.75, 3.05) is 0 Å². The van der Waals surface area contributed by atoms with Gasteiger partial charge in [-0.3, -0.25) is 0 Å². The molecule has 0 spiro atoms. The molecule has 0 saturated carbocycles. The van der Waals surface area contributed by atoms with Gasteiger partial charge in [0.05, 0.1) is 0 Å². The van der Waals surface area contributed by atoms with Gasteiger partial charge in [0.1, 0.15) is 0 Å². The number of rotatable bonds is 4. The van der Waals surface area contributed by atoms with Crippen LogP contribution in [-0.2, 0) is 32.5 Å². The maximum absolute atomic E-state index is 2.60. The molecule has 11 aromatic rings.